The second-order valence-corrected chi connectivity index (χ2v) is 8.51. The van der Waals surface area contributed by atoms with Crippen LogP contribution in [0.5, 0.6) is 0 Å². The first-order chi connectivity index (χ1) is 11.5. The van der Waals surface area contributed by atoms with Crippen molar-refractivity contribution in [3.05, 3.63) is 53.6 Å². The summed E-state index contributed by atoms with van der Waals surface area (Å²) in [7, 11) is -3.70. The van der Waals surface area contributed by atoms with Crippen molar-refractivity contribution in [1.82, 2.24) is 4.72 Å². The topological polar surface area (TPSA) is 101 Å². The van der Waals surface area contributed by atoms with E-state index in [0.717, 1.165) is 0 Å². The van der Waals surface area contributed by atoms with Gasteiger partial charge < -0.3 is 11.1 Å². The Morgan fingerprint density at radius 2 is 1.69 bits per heavy atom. The Morgan fingerprint density at radius 3 is 2.27 bits per heavy atom. The number of amides is 1. The van der Waals surface area contributed by atoms with Gasteiger partial charge in [-0.2, -0.15) is 0 Å². The molecule has 0 aliphatic carbocycles. The number of hydrogen-bond donors (Lipinski definition) is 3. The van der Waals surface area contributed by atoms with Crippen LogP contribution in [-0.2, 0) is 10.0 Å². The molecular weight excluding hydrogens is 374 g/mol. The lowest BCUT2D eigenvalue weighted by atomic mass is 10.1. The van der Waals surface area contributed by atoms with E-state index in [9.17, 15) is 13.2 Å². The smallest absolute Gasteiger partial charge is 0.255 e. The summed E-state index contributed by atoms with van der Waals surface area (Å²) in [5, 5.41) is 2.74. The predicted molar refractivity (Wildman–Crippen MR) is 107 cm³/mol. The number of carbonyl (C=O) groups excluding carboxylic acids is 1. The van der Waals surface area contributed by atoms with Gasteiger partial charge in [-0.05, 0) is 63.6 Å². The summed E-state index contributed by atoms with van der Waals surface area (Å²) in [6, 6.07) is 11.3. The van der Waals surface area contributed by atoms with E-state index in [1.54, 1.807) is 64.1 Å². The lowest BCUT2D eigenvalue weighted by Gasteiger charge is -2.22. The number of carbonyl (C=O) groups is 1. The number of nitrogens with two attached hydrogens (primary N) is 1. The Balaban J connectivity index is 0.00000338. The van der Waals surface area contributed by atoms with Crippen LogP contribution in [0.15, 0.2) is 47.4 Å². The van der Waals surface area contributed by atoms with Crippen LogP contribution in [0.25, 0.3) is 0 Å². The Morgan fingerprint density at radius 1 is 1.08 bits per heavy atom. The van der Waals surface area contributed by atoms with Crippen molar-refractivity contribution >= 4 is 39.7 Å². The number of nitrogen functional groups attached to an aromatic ring is 1. The van der Waals surface area contributed by atoms with Crippen LogP contribution in [0.4, 0.5) is 11.4 Å². The van der Waals surface area contributed by atoms with Gasteiger partial charge in [0.05, 0.1) is 4.90 Å². The van der Waals surface area contributed by atoms with Gasteiger partial charge >= 0.3 is 0 Å². The summed E-state index contributed by atoms with van der Waals surface area (Å²) in [4.78, 5) is 12.5. The van der Waals surface area contributed by atoms with Crippen LogP contribution < -0.4 is 15.8 Å². The zero-order valence-corrected chi connectivity index (χ0v) is 16.8. The highest BCUT2D eigenvalue weighted by Gasteiger charge is 2.24. The summed E-state index contributed by atoms with van der Waals surface area (Å²) in [5.74, 6) is -0.353. The monoisotopic (exact) mass is 397 g/mol. The van der Waals surface area contributed by atoms with E-state index in [4.69, 9.17) is 5.73 Å². The van der Waals surface area contributed by atoms with Crippen LogP contribution in [0, 0.1) is 6.92 Å². The molecular formula is C18H24ClN3O3S. The van der Waals surface area contributed by atoms with Gasteiger partial charge in [-0.3, -0.25) is 4.79 Å². The van der Waals surface area contributed by atoms with E-state index < -0.39 is 15.6 Å². The third kappa shape index (κ3) is 5.45. The molecule has 0 bridgehead atoms. The molecule has 0 aliphatic rings. The minimum atomic E-state index is -3.70. The lowest BCUT2D eigenvalue weighted by Crippen LogP contribution is -2.40. The summed E-state index contributed by atoms with van der Waals surface area (Å²) in [5.41, 5.74) is 6.88. The van der Waals surface area contributed by atoms with Gasteiger partial charge in [-0.15, -0.1) is 12.4 Å². The van der Waals surface area contributed by atoms with Crippen LogP contribution in [0.1, 0.15) is 36.7 Å². The van der Waals surface area contributed by atoms with Crippen molar-refractivity contribution in [2.45, 2.75) is 38.1 Å². The first-order valence-corrected chi connectivity index (χ1v) is 9.28. The minimum Gasteiger partial charge on any atom is -0.399 e. The summed E-state index contributed by atoms with van der Waals surface area (Å²) in [6.07, 6.45) is 0. The molecule has 4 N–H and O–H groups in total. The first kappa shape index (κ1) is 22.0. The van der Waals surface area contributed by atoms with Crippen LogP contribution in [0.2, 0.25) is 0 Å². The van der Waals surface area contributed by atoms with Crippen LogP contribution in [0.3, 0.4) is 0 Å². The van der Waals surface area contributed by atoms with E-state index >= 15 is 0 Å². The fraction of sp³-hybridized carbons (Fsp3) is 0.278. The summed E-state index contributed by atoms with van der Waals surface area (Å²) < 4.78 is 27.8. The predicted octanol–water partition coefficient (Wildman–Crippen LogP) is 3.33. The number of hydrogen-bond acceptors (Lipinski definition) is 4. The maximum atomic E-state index is 12.6. The average molecular weight is 398 g/mol. The van der Waals surface area contributed by atoms with Gasteiger partial charge in [-0.1, -0.05) is 12.1 Å². The van der Waals surface area contributed by atoms with Gasteiger partial charge in [-0.25, -0.2) is 13.1 Å². The van der Waals surface area contributed by atoms with Crippen LogP contribution >= 0.6 is 12.4 Å². The SMILES string of the molecule is Cc1c(NC(=O)c2cccc(N)c2)cccc1S(=O)(=O)NC(C)(C)C.Cl. The third-order valence-electron chi connectivity index (χ3n) is 3.41. The summed E-state index contributed by atoms with van der Waals surface area (Å²) in [6.45, 7) is 6.97. The quantitative estimate of drug-likeness (QED) is 0.688. The normalized spacial score (nSPS) is 11.5. The van der Waals surface area contributed by atoms with Gasteiger partial charge in [0.1, 0.15) is 0 Å². The van der Waals surface area contributed by atoms with Gasteiger partial charge in [0.2, 0.25) is 10.0 Å². The largest absolute Gasteiger partial charge is 0.399 e. The molecule has 6 nitrogen and oxygen atoms in total. The van der Waals surface area contributed by atoms with Crippen molar-refractivity contribution in [3.63, 3.8) is 0 Å². The van der Waals surface area contributed by atoms with Gasteiger partial charge in [0, 0.05) is 22.5 Å². The second-order valence-electron chi connectivity index (χ2n) is 6.86. The van der Waals surface area contributed by atoms with E-state index in [0.29, 0.717) is 22.5 Å². The fourth-order valence-corrected chi connectivity index (χ4v) is 4.06. The van der Waals surface area contributed by atoms with E-state index in [1.165, 1.54) is 6.07 Å². The third-order valence-corrected chi connectivity index (χ3v) is 5.31. The molecule has 0 saturated heterocycles. The molecule has 8 heteroatoms. The molecule has 0 saturated carbocycles. The molecule has 1 amide bonds. The van der Waals surface area contributed by atoms with Crippen molar-refractivity contribution in [2.75, 3.05) is 11.1 Å². The number of nitrogens with one attached hydrogen (secondary N) is 2. The van der Waals surface area contributed by atoms with Crippen molar-refractivity contribution in [1.29, 1.82) is 0 Å². The Bertz CT molecular complexity index is 906. The molecule has 2 rings (SSSR count). The second kappa shape index (κ2) is 8.07. The lowest BCUT2D eigenvalue weighted by molar-refractivity contribution is 0.102. The minimum absolute atomic E-state index is 0. The van der Waals surface area contributed by atoms with Crippen molar-refractivity contribution in [2.24, 2.45) is 0 Å². The average Bonchev–Trinajstić information content (AvgIpc) is 2.46. The van der Waals surface area contributed by atoms with Crippen molar-refractivity contribution < 1.29 is 13.2 Å². The fourth-order valence-electron chi connectivity index (χ4n) is 2.37. The molecule has 0 heterocycles. The molecule has 0 spiro atoms. The number of benzene rings is 2. The maximum absolute atomic E-state index is 12.6. The van der Waals surface area contributed by atoms with Crippen molar-refractivity contribution in [3.8, 4) is 0 Å². The molecule has 2 aromatic rings. The zero-order valence-electron chi connectivity index (χ0n) is 15.2. The molecule has 26 heavy (non-hydrogen) atoms. The number of rotatable bonds is 4. The molecule has 0 radical (unpaired) electrons. The highest BCUT2D eigenvalue weighted by molar-refractivity contribution is 7.89. The van der Waals surface area contributed by atoms with E-state index in [-0.39, 0.29) is 23.2 Å². The molecule has 0 fully saturated rings. The Hall–Kier alpha value is -2.09. The maximum Gasteiger partial charge on any atom is 0.255 e. The standard InChI is InChI=1S/C18H23N3O3S.ClH/c1-12-15(20-17(22)13-7-5-8-14(19)11-13)9-6-10-16(12)25(23,24)21-18(2,3)4;/h5-11,21H,19H2,1-4H3,(H,20,22);1H. The van der Waals surface area contributed by atoms with Gasteiger partial charge in [0.25, 0.3) is 5.91 Å². The Labute approximate surface area is 160 Å². The zero-order chi connectivity index (χ0) is 18.8. The highest BCUT2D eigenvalue weighted by atomic mass is 35.5. The number of anilines is 2. The molecule has 2 aromatic carbocycles. The summed E-state index contributed by atoms with van der Waals surface area (Å²) >= 11 is 0. The number of sulfonamides is 1. The molecule has 142 valence electrons. The van der Waals surface area contributed by atoms with E-state index in [1.807, 2.05) is 0 Å². The molecule has 0 aromatic heterocycles. The molecule has 0 unspecified atom stereocenters. The van der Waals surface area contributed by atoms with Gasteiger partial charge in [0.15, 0.2) is 0 Å². The highest BCUT2D eigenvalue weighted by Crippen LogP contribution is 2.24. The number of halogens is 1. The van der Waals surface area contributed by atoms with E-state index in [2.05, 4.69) is 10.0 Å². The van der Waals surface area contributed by atoms with Crippen LogP contribution in [-0.4, -0.2) is 19.9 Å². The molecule has 0 atom stereocenters. The Kier molecular flexibility index (Phi) is 6.82. The first-order valence-electron chi connectivity index (χ1n) is 7.80. The molecule has 0 aliphatic heterocycles.